The van der Waals surface area contributed by atoms with Gasteiger partial charge in [0, 0.05) is 24.4 Å². The first-order valence-corrected chi connectivity index (χ1v) is 7.58. The molecule has 0 aromatic carbocycles. The Morgan fingerprint density at radius 1 is 1.25 bits per heavy atom. The predicted octanol–water partition coefficient (Wildman–Crippen LogP) is 3.15. The van der Waals surface area contributed by atoms with E-state index in [4.69, 9.17) is 4.74 Å². The van der Waals surface area contributed by atoms with E-state index in [2.05, 4.69) is 56.7 Å². The van der Waals surface area contributed by atoms with Gasteiger partial charge < -0.3 is 10.1 Å². The lowest BCUT2D eigenvalue weighted by atomic mass is 10.2. The highest BCUT2D eigenvalue weighted by molar-refractivity contribution is 14.1. The van der Waals surface area contributed by atoms with Crippen molar-refractivity contribution in [2.75, 3.05) is 19.0 Å². The summed E-state index contributed by atoms with van der Waals surface area (Å²) in [5, 5.41) is 3.28. The molecule has 5 nitrogen and oxygen atoms in total. The summed E-state index contributed by atoms with van der Waals surface area (Å²) in [6.07, 6.45) is 2.60. The van der Waals surface area contributed by atoms with Gasteiger partial charge in [-0.25, -0.2) is 15.0 Å². The van der Waals surface area contributed by atoms with Crippen molar-refractivity contribution >= 4 is 28.4 Å². The molecule has 106 valence electrons. The molecule has 2 aromatic rings. The molecule has 1 N–H and O–H groups in total. The standard InChI is InChI=1S/C14H17IN4O/c1-4-10-12(15)14(16-5-2)19-13(18-10)9-6-7-11(20-3)17-8-9/h6-8H,4-5H2,1-3H3,(H,16,18,19). The zero-order chi connectivity index (χ0) is 14.5. The van der Waals surface area contributed by atoms with E-state index in [1.165, 1.54) is 0 Å². The van der Waals surface area contributed by atoms with Crippen LogP contribution in [0.15, 0.2) is 18.3 Å². The Hall–Kier alpha value is -1.44. The van der Waals surface area contributed by atoms with E-state index in [9.17, 15) is 0 Å². The molecule has 0 saturated carbocycles. The van der Waals surface area contributed by atoms with E-state index in [-0.39, 0.29) is 0 Å². The fraction of sp³-hybridized carbons (Fsp3) is 0.357. The molecule has 0 fully saturated rings. The lowest BCUT2D eigenvalue weighted by Crippen LogP contribution is -2.07. The summed E-state index contributed by atoms with van der Waals surface area (Å²) in [7, 11) is 1.60. The van der Waals surface area contributed by atoms with Crippen LogP contribution in [-0.4, -0.2) is 28.6 Å². The largest absolute Gasteiger partial charge is 0.481 e. The first-order valence-electron chi connectivity index (χ1n) is 6.50. The Kier molecular flexibility index (Phi) is 5.11. The van der Waals surface area contributed by atoms with Crippen LogP contribution in [0, 0.1) is 3.57 Å². The third kappa shape index (κ3) is 3.17. The quantitative estimate of drug-likeness (QED) is 0.803. The zero-order valence-electron chi connectivity index (χ0n) is 11.8. The van der Waals surface area contributed by atoms with E-state index in [1.54, 1.807) is 13.3 Å². The second kappa shape index (κ2) is 6.83. The van der Waals surface area contributed by atoms with Crippen molar-refractivity contribution in [2.24, 2.45) is 0 Å². The second-order valence-corrected chi connectivity index (χ2v) is 5.21. The van der Waals surface area contributed by atoms with Gasteiger partial charge in [-0.05, 0) is 42.0 Å². The molecule has 0 aliphatic carbocycles. The monoisotopic (exact) mass is 384 g/mol. The van der Waals surface area contributed by atoms with Crippen LogP contribution < -0.4 is 10.1 Å². The van der Waals surface area contributed by atoms with Gasteiger partial charge in [-0.2, -0.15) is 0 Å². The van der Waals surface area contributed by atoms with Crippen LogP contribution in [0.25, 0.3) is 11.4 Å². The van der Waals surface area contributed by atoms with Crippen molar-refractivity contribution < 1.29 is 4.74 Å². The molecule has 0 spiro atoms. The van der Waals surface area contributed by atoms with Crippen LogP contribution in [-0.2, 0) is 6.42 Å². The van der Waals surface area contributed by atoms with Gasteiger partial charge in [-0.3, -0.25) is 0 Å². The molecule has 0 aliphatic rings. The summed E-state index contributed by atoms with van der Waals surface area (Å²) in [6.45, 7) is 4.98. The number of nitrogens with zero attached hydrogens (tertiary/aromatic N) is 3. The number of pyridine rings is 1. The smallest absolute Gasteiger partial charge is 0.212 e. The molecule has 0 atom stereocenters. The third-order valence-corrected chi connectivity index (χ3v) is 3.94. The molecule has 2 aromatic heterocycles. The molecule has 2 heterocycles. The Labute approximate surface area is 132 Å². The average Bonchev–Trinajstić information content (AvgIpc) is 2.49. The summed E-state index contributed by atoms with van der Waals surface area (Å²) in [5.41, 5.74) is 1.93. The third-order valence-electron chi connectivity index (χ3n) is 2.80. The number of halogens is 1. The first kappa shape index (κ1) is 15.0. The van der Waals surface area contributed by atoms with Crippen LogP contribution in [0.2, 0.25) is 0 Å². The van der Waals surface area contributed by atoms with Gasteiger partial charge >= 0.3 is 0 Å². The van der Waals surface area contributed by atoms with Crippen LogP contribution in [0.5, 0.6) is 5.88 Å². The summed E-state index contributed by atoms with van der Waals surface area (Å²) in [4.78, 5) is 13.4. The highest BCUT2D eigenvalue weighted by atomic mass is 127. The van der Waals surface area contributed by atoms with Crippen LogP contribution in [0.1, 0.15) is 19.5 Å². The van der Waals surface area contributed by atoms with Crippen LogP contribution in [0.3, 0.4) is 0 Å². The molecule has 0 unspecified atom stereocenters. The van der Waals surface area contributed by atoms with Crippen LogP contribution in [0.4, 0.5) is 5.82 Å². The maximum absolute atomic E-state index is 5.07. The van der Waals surface area contributed by atoms with E-state index < -0.39 is 0 Å². The Bertz CT molecular complexity index is 586. The first-order chi connectivity index (χ1) is 9.69. The molecule has 2 rings (SSSR count). The number of anilines is 1. The number of rotatable bonds is 5. The van der Waals surface area contributed by atoms with Gasteiger partial charge in [0.1, 0.15) is 5.82 Å². The Balaban J connectivity index is 2.46. The maximum atomic E-state index is 5.07. The van der Waals surface area contributed by atoms with Crippen molar-refractivity contribution in [1.82, 2.24) is 15.0 Å². The van der Waals surface area contributed by atoms with Crippen molar-refractivity contribution in [3.63, 3.8) is 0 Å². The minimum atomic E-state index is 0.585. The van der Waals surface area contributed by atoms with Crippen molar-refractivity contribution in [3.05, 3.63) is 27.6 Å². The topological polar surface area (TPSA) is 59.9 Å². The lowest BCUT2D eigenvalue weighted by molar-refractivity contribution is 0.398. The number of nitrogens with one attached hydrogen (secondary N) is 1. The highest BCUT2D eigenvalue weighted by Gasteiger charge is 2.12. The van der Waals surface area contributed by atoms with Gasteiger partial charge in [0.05, 0.1) is 16.4 Å². The highest BCUT2D eigenvalue weighted by Crippen LogP contribution is 2.24. The van der Waals surface area contributed by atoms with Gasteiger partial charge in [-0.1, -0.05) is 6.92 Å². The number of aromatic nitrogens is 3. The number of methoxy groups -OCH3 is 1. The number of hydrogen-bond acceptors (Lipinski definition) is 5. The van der Waals surface area contributed by atoms with E-state index in [0.29, 0.717) is 11.7 Å². The molecule has 0 radical (unpaired) electrons. The van der Waals surface area contributed by atoms with E-state index in [1.807, 2.05) is 12.1 Å². The second-order valence-electron chi connectivity index (χ2n) is 4.13. The van der Waals surface area contributed by atoms with Crippen LogP contribution >= 0.6 is 22.6 Å². The average molecular weight is 384 g/mol. The molecule has 0 saturated heterocycles. The van der Waals surface area contributed by atoms with Crippen molar-refractivity contribution in [2.45, 2.75) is 20.3 Å². The number of hydrogen-bond donors (Lipinski definition) is 1. The van der Waals surface area contributed by atoms with Crippen molar-refractivity contribution in [1.29, 1.82) is 0 Å². The molecule has 0 bridgehead atoms. The van der Waals surface area contributed by atoms with Gasteiger partial charge in [0.15, 0.2) is 5.82 Å². The summed E-state index contributed by atoms with van der Waals surface area (Å²) >= 11 is 2.29. The lowest BCUT2D eigenvalue weighted by Gasteiger charge is -2.11. The van der Waals surface area contributed by atoms with E-state index in [0.717, 1.165) is 33.6 Å². The fourth-order valence-corrected chi connectivity index (χ4v) is 2.59. The van der Waals surface area contributed by atoms with Gasteiger partial charge in [-0.15, -0.1) is 0 Å². The Morgan fingerprint density at radius 2 is 2.05 bits per heavy atom. The molecule has 0 aliphatic heterocycles. The summed E-state index contributed by atoms with van der Waals surface area (Å²) in [5.74, 6) is 2.15. The van der Waals surface area contributed by atoms with Gasteiger partial charge in [0.25, 0.3) is 0 Å². The Morgan fingerprint density at radius 3 is 2.60 bits per heavy atom. The molecule has 0 amide bonds. The normalized spacial score (nSPS) is 10.4. The number of ether oxygens (including phenoxy) is 1. The molecular weight excluding hydrogens is 367 g/mol. The zero-order valence-corrected chi connectivity index (χ0v) is 13.9. The van der Waals surface area contributed by atoms with Gasteiger partial charge in [0.2, 0.25) is 5.88 Å². The minimum Gasteiger partial charge on any atom is -0.481 e. The van der Waals surface area contributed by atoms with Crippen molar-refractivity contribution in [3.8, 4) is 17.3 Å². The van der Waals surface area contributed by atoms with E-state index >= 15 is 0 Å². The fourth-order valence-electron chi connectivity index (χ4n) is 1.77. The summed E-state index contributed by atoms with van der Waals surface area (Å²) in [6, 6.07) is 3.73. The summed E-state index contributed by atoms with van der Waals surface area (Å²) < 4.78 is 6.15. The molecular formula is C14H17IN4O. The molecule has 6 heteroatoms. The maximum Gasteiger partial charge on any atom is 0.212 e. The SMILES string of the molecule is CCNc1nc(-c2ccc(OC)nc2)nc(CC)c1I. The minimum absolute atomic E-state index is 0.585. The predicted molar refractivity (Wildman–Crippen MR) is 88.1 cm³/mol. The number of aryl methyl sites for hydroxylation is 1. The molecule has 20 heavy (non-hydrogen) atoms.